The van der Waals surface area contributed by atoms with Crippen LogP contribution in [0.5, 0.6) is 5.75 Å². The normalized spacial score (nSPS) is 12.8. The van der Waals surface area contributed by atoms with Crippen LogP contribution in [0.4, 0.5) is 4.39 Å². The van der Waals surface area contributed by atoms with Gasteiger partial charge in [-0.3, -0.25) is 4.99 Å². The van der Waals surface area contributed by atoms with Gasteiger partial charge in [-0.1, -0.05) is 24.3 Å². The van der Waals surface area contributed by atoms with Crippen molar-refractivity contribution in [1.82, 2.24) is 15.5 Å². The van der Waals surface area contributed by atoms with E-state index >= 15 is 0 Å². The lowest BCUT2D eigenvalue weighted by atomic mass is 10.1. The van der Waals surface area contributed by atoms with Crippen LogP contribution < -0.4 is 15.4 Å². The number of methoxy groups -OCH3 is 1. The first-order valence-corrected chi connectivity index (χ1v) is 8.53. The maximum Gasteiger partial charge on any atom is 0.191 e. The minimum absolute atomic E-state index is 0.175. The van der Waals surface area contributed by atoms with Gasteiger partial charge >= 0.3 is 0 Å². The Bertz CT molecular complexity index is 716. The fourth-order valence-corrected chi connectivity index (χ4v) is 2.67. The largest absolute Gasteiger partial charge is 0.497 e. The van der Waals surface area contributed by atoms with E-state index in [0.717, 1.165) is 11.3 Å². The van der Waals surface area contributed by atoms with Crippen molar-refractivity contribution in [3.63, 3.8) is 0 Å². The zero-order valence-corrected chi connectivity index (χ0v) is 15.8. The molecule has 2 rings (SSSR count). The second-order valence-electron chi connectivity index (χ2n) is 6.19. The van der Waals surface area contributed by atoms with E-state index in [1.807, 2.05) is 32.3 Å². The fraction of sp³-hybridized carbons (Fsp3) is 0.350. The number of hydrogen-bond acceptors (Lipinski definition) is 3. The summed E-state index contributed by atoms with van der Waals surface area (Å²) in [6.07, 6.45) is 0. The van der Waals surface area contributed by atoms with Gasteiger partial charge in [0.05, 0.1) is 13.2 Å². The lowest BCUT2D eigenvalue weighted by molar-refractivity contribution is 0.298. The van der Waals surface area contributed by atoms with Gasteiger partial charge in [0.1, 0.15) is 11.6 Å². The number of likely N-dealkylation sites (N-methyl/N-ethyl adjacent to an activating group) is 1. The number of guanidine groups is 1. The lowest BCUT2D eigenvalue weighted by Crippen LogP contribution is -2.41. The summed E-state index contributed by atoms with van der Waals surface area (Å²) in [7, 11) is 7.46. The molecule has 0 heterocycles. The van der Waals surface area contributed by atoms with E-state index < -0.39 is 0 Å². The smallest absolute Gasteiger partial charge is 0.191 e. The average molecular weight is 358 g/mol. The van der Waals surface area contributed by atoms with E-state index in [1.165, 1.54) is 17.7 Å². The number of aliphatic imine (C=N–C) groups is 1. The third-order valence-electron chi connectivity index (χ3n) is 4.16. The molecule has 26 heavy (non-hydrogen) atoms. The van der Waals surface area contributed by atoms with Crippen molar-refractivity contribution < 1.29 is 9.13 Å². The predicted molar refractivity (Wildman–Crippen MR) is 104 cm³/mol. The van der Waals surface area contributed by atoms with Crippen LogP contribution in [0.25, 0.3) is 0 Å². The van der Waals surface area contributed by atoms with Crippen molar-refractivity contribution in [3.8, 4) is 5.75 Å². The fourth-order valence-electron chi connectivity index (χ4n) is 2.67. The molecule has 2 aromatic rings. The summed E-state index contributed by atoms with van der Waals surface area (Å²) >= 11 is 0. The minimum atomic E-state index is -0.237. The quantitative estimate of drug-likeness (QED) is 0.590. The number of ether oxygens (including phenoxy) is 1. The van der Waals surface area contributed by atoms with Crippen LogP contribution in [-0.4, -0.2) is 45.7 Å². The van der Waals surface area contributed by atoms with Crippen LogP contribution in [0.2, 0.25) is 0 Å². The summed E-state index contributed by atoms with van der Waals surface area (Å²) in [5.74, 6) is 1.28. The monoisotopic (exact) mass is 358 g/mol. The minimum Gasteiger partial charge on any atom is -0.497 e. The highest BCUT2D eigenvalue weighted by molar-refractivity contribution is 5.79. The summed E-state index contributed by atoms with van der Waals surface area (Å²) in [4.78, 5) is 6.39. The predicted octanol–water partition coefficient (Wildman–Crippen LogP) is 2.80. The van der Waals surface area contributed by atoms with Crippen molar-refractivity contribution in [2.75, 3.05) is 34.8 Å². The first kappa shape index (κ1) is 19.7. The Morgan fingerprint density at radius 2 is 1.88 bits per heavy atom. The average Bonchev–Trinajstić information content (AvgIpc) is 2.64. The Morgan fingerprint density at radius 3 is 2.46 bits per heavy atom. The van der Waals surface area contributed by atoms with Gasteiger partial charge in [0.2, 0.25) is 0 Å². The Hall–Kier alpha value is -2.60. The SMILES string of the molecule is CN=C(NCc1cccc(F)c1)NCC(c1ccc(OC)cc1)N(C)C. The van der Waals surface area contributed by atoms with E-state index in [-0.39, 0.29) is 11.9 Å². The van der Waals surface area contributed by atoms with Gasteiger partial charge in [0.25, 0.3) is 0 Å². The van der Waals surface area contributed by atoms with E-state index in [1.54, 1.807) is 20.2 Å². The molecule has 0 amide bonds. The molecule has 6 heteroatoms. The van der Waals surface area contributed by atoms with E-state index in [4.69, 9.17) is 4.74 Å². The molecule has 0 saturated carbocycles. The highest BCUT2D eigenvalue weighted by atomic mass is 19.1. The van der Waals surface area contributed by atoms with Crippen LogP contribution in [0.15, 0.2) is 53.5 Å². The van der Waals surface area contributed by atoms with E-state index in [9.17, 15) is 4.39 Å². The molecule has 0 spiro atoms. The molecule has 2 N–H and O–H groups in total. The molecular weight excluding hydrogens is 331 g/mol. The molecule has 2 aromatic carbocycles. The van der Waals surface area contributed by atoms with E-state index in [0.29, 0.717) is 19.0 Å². The van der Waals surface area contributed by atoms with Crippen molar-refractivity contribution in [2.45, 2.75) is 12.6 Å². The van der Waals surface area contributed by atoms with Gasteiger partial charge < -0.3 is 20.3 Å². The summed E-state index contributed by atoms with van der Waals surface area (Å²) in [5, 5.41) is 6.55. The highest BCUT2D eigenvalue weighted by Gasteiger charge is 2.14. The molecule has 0 aromatic heterocycles. The Morgan fingerprint density at radius 1 is 1.15 bits per heavy atom. The summed E-state index contributed by atoms with van der Waals surface area (Å²) in [6, 6.07) is 14.8. The third-order valence-corrected chi connectivity index (χ3v) is 4.16. The first-order valence-electron chi connectivity index (χ1n) is 8.53. The van der Waals surface area contributed by atoms with Crippen LogP contribution in [0.3, 0.4) is 0 Å². The second-order valence-corrected chi connectivity index (χ2v) is 6.19. The standard InChI is InChI=1S/C20H27FN4O/c1-22-20(23-13-15-6-5-7-17(21)12-15)24-14-19(25(2)3)16-8-10-18(26-4)11-9-16/h5-12,19H,13-14H2,1-4H3,(H2,22,23,24). The molecule has 0 fully saturated rings. The first-order chi connectivity index (χ1) is 12.5. The van der Waals surface area contributed by atoms with Crippen LogP contribution in [-0.2, 0) is 6.54 Å². The van der Waals surface area contributed by atoms with Crippen molar-refractivity contribution in [3.05, 3.63) is 65.5 Å². The molecule has 0 aliphatic heterocycles. The Kier molecular flexibility index (Phi) is 7.41. The van der Waals surface area contributed by atoms with Crippen molar-refractivity contribution in [1.29, 1.82) is 0 Å². The number of benzene rings is 2. The topological polar surface area (TPSA) is 48.9 Å². The van der Waals surface area contributed by atoms with Crippen LogP contribution in [0, 0.1) is 5.82 Å². The van der Waals surface area contributed by atoms with Gasteiger partial charge in [-0.25, -0.2) is 4.39 Å². The van der Waals surface area contributed by atoms with Gasteiger partial charge in [-0.15, -0.1) is 0 Å². The van der Waals surface area contributed by atoms with Gasteiger partial charge in [0, 0.05) is 20.1 Å². The second kappa shape index (κ2) is 9.77. The number of hydrogen-bond donors (Lipinski definition) is 2. The molecular formula is C20H27FN4O. The molecule has 5 nitrogen and oxygen atoms in total. The molecule has 0 bridgehead atoms. The maximum absolute atomic E-state index is 13.3. The molecule has 0 saturated heterocycles. The van der Waals surface area contributed by atoms with Crippen LogP contribution >= 0.6 is 0 Å². The third kappa shape index (κ3) is 5.74. The number of halogens is 1. The maximum atomic E-state index is 13.3. The highest BCUT2D eigenvalue weighted by Crippen LogP contribution is 2.20. The molecule has 140 valence electrons. The zero-order valence-electron chi connectivity index (χ0n) is 15.8. The number of nitrogens with zero attached hydrogens (tertiary/aromatic N) is 2. The molecule has 1 atom stereocenters. The van der Waals surface area contributed by atoms with E-state index in [2.05, 4.69) is 32.7 Å². The van der Waals surface area contributed by atoms with Gasteiger partial charge in [0.15, 0.2) is 5.96 Å². The number of rotatable bonds is 7. The summed E-state index contributed by atoms with van der Waals surface area (Å²) in [5.41, 5.74) is 2.05. The zero-order chi connectivity index (χ0) is 18.9. The van der Waals surface area contributed by atoms with Crippen molar-refractivity contribution >= 4 is 5.96 Å². The van der Waals surface area contributed by atoms with Gasteiger partial charge in [-0.05, 0) is 49.5 Å². The Labute approximate surface area is 154 Å². The Balaban J connectivity index is 1.95. The lowest BCUT2D eigenvalue weighted by Gasteiger charge is -2.26. The summed E-state index contributed by atoms with van der Waals surface area (Å²) < 4.78 is 18.5. The summed E-state index contributed by atoms with van der Waals surface area (Å²) in [6.45, 7) is 1.19. The molecule has 0 aliphatic rings. The number of nitrogens with one attached hydrogen (secondary N) is 2. The molecule has 0 radical (unpaired) electrons. The van der Waals surface area contributed by atoms with Gasteiger partial charge in [-0.2, -0.15) is 0 Å². The molecule has 1 unspecified atom stereocenters. The molecule has 0 aliphatic carbocycles. The van der Waals surface area contributed by atoms with Crippen molar-refractivity contribution in [2.24, 2.45) is 4.99 Å². The van der Waals surface area contributed by atoms with Crippen LogP contribution in [0.1, 0.15) is 17.2 Å².